The maximum atomic E-state index is 13.2. The molecule has 0 radical (unpaired) electrons. The third kappa shape index (κ3) is 5.59. The molecule has 0 fully saturated rings. The van der Waals surface area contributed by atoms with Gasteiger partial charge in [-0.25, -0.2) is 18.2 Å². The molecular formula is C22H22Cl2N4O3S. The van der Waals surface area contributed by atoms with E-state index in [1.807, 2.05) is 0 Å². The summed E-state index contributed by atoms with van der Waals surface area (Å²) in [5.74, 6) is 0. The number of amides is 2. The van der Waals surface area contributed by atoms with Gasteiger partial charge in [0.2, 0.25) is 0 Å². The Morgan fingerprint density at radius 3 is 2.28 bits per heavy atom. The van der Waals surface area contributed by atoms with Gasteiger partial charge in [0, 0.05) is 6.54 Å². The minimum Gasteiger partial charge on any atom is -0.330 e. The fourth-order valence-electron chi connectivity index (χ4n) is 2.95. The lowest BCUT2D eigenvalue weighted by molar-refractivity contribution is 0.242. The lowest BCUT2D eigenvalue weighted by Crippen LogP contribution is -2.51. The quantitative estimate of drug-likeness (QED) is 0.418. The van der Waals surface area contributed by atoms with E-state index in [-0.39, 0.29) is 4.90 Å². The topological polar surface area (TPSA) is 105 Å². The van der Waals surface area contributed by atoms with Gasteiger partial charge in [0.25, 0.3) is 10.0 Å². The number of carbonyl (C=O) groups excluding carboxylic acids is 1. The number of urea groups is 1. The van der Waals surface area contributed by atoms with Crippen LogP contribution in [0.15, 0.2) is 77.7 Å². The second kappa shape index (κ2) is 10.3. The predicted octanol–water partition coefficient (Wildman–Crippen LogP) is 4.62. The summed E-state index contributed by atoms with van der Waals surface area (Å²) in [6.45, 7) is 2.03. The van der Waals surface area contributed by atoms with Crippen molar-refractivity contribution in [1.82, 2.24) is 10.1 Å². The Labute approximate surface area is 197 Å². The van der Waals surface area contributed by atoms with Gasteiger partial charge >= 0.3 is 6.03 Å². The Hall–Kier alpha value is -2.62. The highest BCUT2D eigenvalue weighted by molar-refractivity contribution is 7.89. The van der Waals surface area contributed by atoms with Crippen molar-refractivity contribution in [2.45, 2.75) is 24.4 Å². The van der Waals surface area contributed by atoms with Crippen LogP contribution in [0.4, 0.5) is 10.5 Å². The average molecular weight is 493 g/mol. The van der Waals surface area contributed by atoms with Crippen molar-refractivity contribution < 1.29 is 13.2 Å². The Morgan fingerprint density at radius 1 is 1.00 bits per heavy atom. The number of carbonyl (C=O) groups is 1. The molecule has 0 saturated carbocycles. The number of nitrogens with zero attached hydrogens (tertiary/aromatic N) is 1. The van der Waals surface area contributed by atoms with E-state index in [0.717, 1.165) is 10.6 Å². The van der Waals surface area contributed by atoms with Crippen LogP contribution >= 0.6 is 23.2 Å². The zero-order chi connectivity index (χ0) is 23.3. The fraction of sp³-hybridized carbons (Fsp3) is 0.136. The van der Waals surface area contributed by atoms with Gasteiger partial charge in [-0.05, 0) is 48.4 Å². The largest absolute Gasteiger partial charge is 0.337 e. The van der Waals surface area contributed by atoms with Gasteiger partial charge in [-0.3, -0.25) is 0 Å². The van der Waals surface area contributed by atoms with Crippen LogP contribution < -0.4 is 20.9 Å². The van der Waals surface area contributed by atoms with Crippen LogP contribution in [0.5, 0.6) is 0 Å². The minimum atomic E-state index is -4.04. The van der Waals surface area contributed by atoms with Crippen LogP contribution in [0.3, 0.4) is 0 Å². The first kappa shape index (κ1) is 24.0. The number of nitrogens with one attached hydrogen (secondary N) is 2. The van der Waals surface area contributed by atoms with E-state index in [1.54, 1.807) is 67.6 Å². The molecule has 7 nitrogen and oxygen atoms in total. The van der Waals surface area contributed by atoms with Crippen LogP contribution in [-0.4, -0.2) is 14.4 Å². The molecule has 0 aliphatic carbocycles. The molecule has 168 valence electrons. The molecular weight excluding hydrogens is 471 g/mol. The van der Waals surface area contributed by atoms with Crippen LogP contribution in [0.2, 0.25) is 10.0 Å². The van der Waals surface area contributed by atoms with Crippen molar-refractivity contribution in [1.29, 1.82) is 0 Å². The molecule has 0 aliphatic rings. The summed E-state index contributed by atoms with van der Waals surface area (Å²) in [5.41, 5.74) is 7.38. The van der Waals surface area contributed by atoms with Gasteiger partial charge in [0.05, 0.1) is 26.7 Å². The number of anilines is 1. The van der Waals surface area contributed by atoms with E-state index >= 15 is 0 Å². The predicted molar refractivity (Wildman–Crippen MR) is 127 cm³/mol. The molecule has 2 amide bonds. The molecule has 0 aromatic heterocycles. The maximum absolute atomic E-state index is 13.2. The van der Waals surface area contributed by atoms with Gasteiger partial charge in [0.15, 0.2) is 0 Å². The monoisotopic (exact) mass is 492 g/mol. The molecule has 10 heteroatoms. The van der Waals surface area contributed by atoms with E-state index in [1.165, 1.54) is 12.1 Å². The van der Waals surface area contributed by atoms with E-state index in [9.17, 15) is 13.2 Å². The molecule has 32 heavy (non-hydrogen) atoms. The number of hydrazine groups is 1. The average Bonchev–Trinajstić information content (AvgIpc) is 2.80. The number of sulfonamides is 1. The summed E-state index contributed by atoms with van der Waals surface area (Å²) in [6.07, 6.45) is 0. The summed E-state index contributed by atoms with van der Waals surface area (Å²) < 4.78 is 25.8. The number of hydrogen-bond donors (Lipinski definition) is 3. The van der Waals surface area contributed by atoms with Crippen molar-refractivity contribution in [3.63, 3.8) is 0 Å². The molecule has 3 rings (SSSR count). The molecule has 1 atom stereocenters. The maximum Gasteiger partial charge on any atom is 0.337 e. The summed E-state index contributed by atoms with van der Waals surface area (Å²) >= 11 is 12.3. The zero-order valence-electron chi connectivity index (χ0n) is 17.1. The number of hydrogen-bond acceptors (Lipinski definition) is 4. The van der Waals surface area contributed by atoms with Crippen LogP contribution in [0.1, 0.15) is 24.1 Å². The molecule has 0 saturated heterocycles. The second-order valence-electron chi connectivity index (χ2n) is 6.93. The van der Waals surface area contributed by atoms with Crippen LogP contribution in [-0.2, 0) is 16.6 Å². The first-order valence-electron chi connectivity index (χ1n) is 9.64. The van der Waals surface area contributed by atoms with E-state index in [2.05, 4.69) is 10.1 Å². The summed E-state index contributed by atoms with van der Waals surface area (Å²) in [7, 11) is -4.04. The van der Waals surface area contributed by atoms with Crippen molar-refractivity contribution in [3.8, 4) is 0 Å². The molecule has 0 heterocycles. The molecule has 4 N–H and O–H groups in total. The SMILES string of the molecule is C[C@H](NC(=O)N(NS(=O)(=O)c1ccccc1)c1ccc(CN)cc1)c1cccc(Cl)c1Cl. The number of halogens is 2. The molecule has 0 unspecified atom stereocenters. The standard InChI is InChI=1S/C22H22Cl2N4O3S/c1-15(19-8-5-9-20(23)21(19)24)26-22(29)28(17-12-10-16(14-25)11-13-17)27-32(30,31)18-6-3-2-4-7-18/h2-13,15,27H,14,25H2,1H3,(H,26,29)/t15-/m0/s1. The smallest absolute Gasteiger partial charge is 0.330 e. The van der Waals surface area contributed by atoms with E-state index in [4.69, 9.17) is 28.9 Å². The van der Waals surface area contributed by atoms with E-state index < -0.39 is 22.1 Å². The Balaban J connectivity index is 1.92. The molecule has 3 aromatic rings. The van der Waals surface area contributed by atoms with Crippen LogP contribution in [0, 0.1) is 0 Å². The minimum absolute atomic E-state index is 0.0160. The van der Waals surface area contributed by atoms with Crippen LogP contribution in [0.25, 0.3) is 0 Å². The summed E-state index contributed by atoms with van der Waals surface area (Å²) in [4.78, 5) is 15.5. The number of nitrogens with two attached hydrogens (primary N) is 1. The van der Waals surface area contributed by atoms with Crippen molar-refractivity contribution in [3.05, 3.63) is 94.0 Å². The molecule has 0 aliphatic heterocycles. The van der Waals surface area contributed by atoms with Crippen molar-refractivity contribution in [2.24, 2.45) is 5.73 Å². The van der Waals surface area contributed by atoms with Crippen molar-refractivity contribution in [2.75, 3.05) is 5.01 Å². The highest BCUT2D eigenvalue weighted by Crippen LogP contribution is 2.30. The summed E-state index contributed by atoms with van der Waals surface area (Å²) in [5, 5.41) is 4.35. The highest BCUT2D eigenvalue weighted by Gasteiger charge is 2.26. The first-order valence-corrected chi connectivity index (χ1v) is 11.9. The zero-order valence-corrected chi connectivity index (χ0v) is 19.5. The highest BCUT2D eigenvalue weighted by atomic mass is 35.5. The van der Waals surface area contributed by atoms with Gasteiger partial charge in [-0.2, -0.15) is 0 Å². The third-order valence-electron chi connectivity index (χ3n) is 4.69. The third-order valence-corrected chi connectivity index (χ3v) is 6.84. The lowest BCUT2D eigenvalue weighted by atomic mass is 10.1. The van der Waals surface area contributed by atoms with Gasteiger partial charge < -0.3 is 11.1 Å². The van der Waals surface area contributed by atoms with Gasteiger partial charge in [-0.1, -0.05) is 65.7 Å². The molecule has 3 aromatic carbocycles. The number of rotatable bonds is 7. The Kier molecular flexibility index (Phi) is 7.76. The molecule has 0 bridgehead atoms. The first-order chi connectivity index (χ1) is 15.2. The van der Waals surface area contributed by atoms with Crippen molar-refractivity contribution >= 4 is 44.9 Å². The van der Waals surface area contributed by atoms with Gasteiger partial charge in [-0.15, -0.1) is 4.83 Å². The normalized spacial score (nSPS) is 12.2. The molecule has 0 spiro atoms. The Morgan fingerprint density at radius 2 is 1.66 bits per heavy atom. The fourth-order valence-corrected chi connectivity index (χ4v) is 4.47. The number of benzene rings is 3. The van der Waals surface area contributed by atoms with E-state index in [0.29, 0.717) is 27.8 Å². The van der Waals surface area contributed by atoms with Gasteiger partial charge in [0.1, 0.15) is 0 Å². The summed E-state index contributed by atoms with van der Waals surface area (Å²) in [6, 6.07) is 18.2. The Bertz CT molecular complexity index is 1190. The lowest BCUT2D eigenvalue weighted by Gasteiger charge is -2.26. The second-order valence-corrected chi connectivity index (χ2v) is 9.37.